The summed E-state index contributed by atoms with van der Waals surface area (Å²) in [5, 5.41) is 0. The molecule has 2 aromatic carbocycles. The SMILES string of the molecule is O=C(CCC(=O)N1CCOC(c2ccc(F)cc2)C1)c1ccccc1. The summed E-state index contributed by atoms with van der Waals surface area (Å²) >= 11 is 0. The Morgan fingerprint density at radius 3 is 2.48 bits per heavy atom. The lowest BCUT2D eigenvalue weighted by molar-refractivity contribution is -0.139. The van der Waals surface area contributed by atoms with Gasteiger partial charge in [0.25, 0.3) is 0 Å². The molecule has 0 saturated carbocycles. The molecule has 1 atom stereocenters. The van der Waals surface area contributed by atoms with Crippen LogP contribution in [-0.4, -0.2) is 36.3 Å². The summed E-state index contributed by atoms with van der Waals surface area (Å²) in [6.45, 7) is 1.36. The summed E-state index contributed by atoms with van der Waals surface area (Å²) < 4.78 is 18.7. The zero-order chi connectivity index (χ0) is 17.6. The van der Waals surface area contributed by atoms with Crippen molar-refractivity contribution in [3.63, 3.8) is 0 Å². The van der Waals surface area contributed by atoms with Crippen LogP contribution in [-0.2, 0) is 9.53 Å². The van der Waals surface area contributed by atoms with Crippen LogP contribution in [0.4, 0.5) is 4.39 Å². The number of carbonyl (C=O) groups is 2. The maximum Gasteiger partial charge on any atom is 0.223 e. The van der Waals surface area contributed by atoms with Crippen molar-refractivity contribution in [2.45, 2.75) is 18.9 Å². The van der Waals surface area contributed by atoms with E-state index in [1.165, 1.54) is 12.1 Å². The number of amides is 1. The first-order valence-corrected chi connectivity index (χ1v) is 8.36. The molecule has 1 unspecified atom stereocenters. The number of ketones is 1. The molecule has 0 N–H and O–H groups in total. The maximum absolute atomic E-state index is 13.0. The number of ether oxygens (including phenoxy) is 1. The fourth-order valence-electron chi connectivity index (χ4n) is 2.90. The van der Waals surface area contributed by atoms with Crippen molar-refractivity contribution in [2.24, 2.45) is 0 Å². The topological polar surface area (TPSA) is 46.6 Å². The van der Waals surface area contributed by atoms with Gasteiger partial charge in [-0.15, -0.1) is 0 Å². The molecule has 1 amide bonds. The number of halogens is 1. The second kappa shape index (κ2) is 8.03. The van der Waals surface area contributed by atoms with Gasteiger partial charge >= 0.3 is 0 Å². The number of hydrogen-bond donors (Lipinski definition) is 0. The van der Waals surface area contributed by atoms with Crippen molar-refractivity contribution in [3.05, 3.63) is 71.5 Å². The van der Waals surface area contributed by atoms with Crippen molar-refractivity contribution in [1.82, 2.24) is 4.90 Å². The van der Waals surface area contributed by atoms with E-state index in [0.717, 1.165) is 5.56 Å². The van der Waals surface area contributed by atoms with Gasteiger partial charge in [0.05, 0.1) is 13.2 Å². The molecule has 1 aliphatic rings. The summed E-state index contributed by atoms with van der Waals surface area (Å²) in [6.07, 6.45) is 0.119. The third kappa shape index (κ3) is 4.51. The molecule has 0 spiro atoms. The first-order chi connectivity index (χ1) is 12.1. The molecule has 1 heterocycles. The van der Waals surface area contributed by atoms with Crippen molar-refractivity contribution >= 4 is 11.7 Å². The Morgan fingerprint density at radius 1 is 1.04 bits per heavy atom. The minimum atomic E-state index is -0.299. The highest BCUT2D eigenvalue weighted by molar-refractivity contribution is 5.97. The van der Waals surface area contributed by atoms with E-state index in [1.807, 2.05) is 18.2 Å². The number of carbonyl (C=O) groups excluding carboxylic acids is 2. The largest absolute Gasteiger partial charge is 0.370 e. The molecule has 5 heteroatoms. The van der Waals surface area contributed by atoms with Crippen molar-refractivity contribution in [2.75, 3.05) is 19.7 Å². The zero-order valence-corrected chi connectivity index (χ0v) is 13.9. The van der Waals surface area contributed by atoms with Crippen LogP contribution in [0, 0.1) is 5.82 Å². The Hall–Kier alpha value is -2.53. The minimum Gasteiger partial charge on any atom is -0.370 e. The third-order valence-corrected chi connectivity index (χ3v) is 4.32. The molecule has 0 aromatic heterocycles. The summed E-state index contributed by atoms with van der Waals surface area (Å²) in [4.78, 5) is 26.3. The van der Waals surface area contributed by atoms with E-state index in [1.54, 1.807) is 29.2 Å². The summed E-state index contributed by atoms with van der Waals surface area (Å²) in [5.74, 6) is -0.385. The van der Waals surface area contributed by atoms with Gasteiger partial charge in [0, 0.05) is 24.9 Å². The van der Waals surface area contributed by atoms with Gasteiger partial charge in [0.15, 0.2) is 5.78 Å². The molecule has 4 nitrogen and oxygen atoms in total. The molecule has 2 aromatic rings. The van der Waals surface area contributed by atoms with Crippen molar-refractivity contribution in [3.8, 4) is 0 Å². The molecule has 1 aliphatic heterocycles. The van der Waals surface area contributed by atoms with E-state index in [-0.39, 0.29) is 36.5 Å². The van der Waals surface area contributed by atoms with Gasteiger partial charge < -0.3 is 9.64 Å². The van der Waals surface area contributed by atoms with Crippen LogP contribution < -0.4 is 0 Å². The lowest BCUT2D eigenvalue weighted by atomic mass is 10.1. The Labute approximate surface area is 146 Å². The minimum absolute atomic E-state index is 0.0303. The predicted octanol–water partition coefficient (Wildman–Crippen LogP) is 3.39. The molecule has 1 fully saturated rings. The number of benzene rings is 2. The molecule has 0 radical (unpaired) electrons. The maximum atomic E-state index is 13.0. The Morgan fingerprint density at radius 2 is 1.76 bits per heavy atom. The number of rotatable bonds is 5. The summed E-state index contributed by atoms with van der Waals surface area (Å²) in [6, 6.07) is 15.1. The Bertz CT molecular complexity index is 730. The van der Waals surface area contributed by atoms with Crippen LogP contribution in [0.2, 0.25) is 0 Å². The van der Waals surface area contributed by atoms with E-state index < -0.39 is 0 Å². The smallest absolute Gasteiger partial charge is 0.223 e. The average molecular weight is 341 g/mol. The van der Waals surface area contributed by atoms with Crippen LogP contribution in [0.15, 0.2) is 54.6 Å². The van der Waals surface area contributed by atoms with Crippen LogP contribution in [0.25, 0.3) is 0 Å². The van der Waals surface area contributed by atoms with Crippen molar-refractivity contribution < 1.29 is 18.7 Å². The highest BCUT2D eigenvalue weighted by Gasteiger charge is 2.25. The molecule has 130 valence electrons. The van der Waals surface area contributed by atoms with Crippen LogP contribution in [0.1, 0.15) is 34.9 Å². The van der Waals surface area contributed by atoms with Gasteiger partial charge in [-0.05, 0) is 17.7 Å². The van der Waals surface area contributed by atoms with Crippen LogP contribution in [0.3, 0.4) is 0 Å². The number of nitrogens with zero attached hydrogens (tertiary/aromatic N) is 1. The van der Waals surface area contributed by atoms with Gasteiger partial charge in [-0.1, -0.05) is 42.5 Å². The molecule has 25 heavy (non-hydrogen) atoms. The monoisotopic (exact) mass is 341 g/mol. The fourth-order valence-corrected chi connectivity index (χ4v) is 2.90. The average Bonchev–Trinajstić information content (AvgIpc) is 2.67. The Balaban J connectivity index is 1.55. The van der Waals surface area contributed by atoms with Gasteiger partial charge in [-0.2, -0.15) is 0 Å². The molecular weight excluding hydrogens is 321 g/mol. The van der Waals surface area contributed by atoms with Gasteiger partial charge in [-0.25, -0.2) is 4.39 Å². The molecule has 0 bridgehead atoms. The first-order valence-electron chi connectivity index (χ1n) is 8.36. The summed E-state index contributed by atoms with van der Waals surface area (Å²) in [5.41, 5.74) is 1.47. The van der Waals surface area contributed by atoms with E-state index in [2.05, 4.69) is 0 Å². The number of Topliss-reactive ketones (excluding diaryl/α,β-unsaturated/α-hetero) is 1. The van der Waals surface area contributed by atoms with E-state index >= 15 is 0 Å². The lowest BCUT2D eigenvalue weighted by Crippen LogP contribution is -2.42. The zero-order valence-electron chi connectivity index (χ0n) is 13.9. The highest BCUT2D eigenvalue weighted by atomic mass is 19.1. The Kier molecular flexibility index (Phi) is 5.56. The number of morpholine rings is 1. The normalized spacial score (nSPS) is 17.3. The van der Waals surface area contributed by atoms with Gasteiger partial charge in [0.2, 0.25) is 5.91 Å². The van der Waals surface area contributed by atoms with Gasteiger partial charge in [0.1, 0.15) is 11.9 Å². The number of hydrogen-bond acceptors (Lipinski definition) is 3. The lowest BCUT2D eigenvalue weighted by Gasteiger charge is -2.33. The standard InChI is InChI=1S/C20H20FNO3/c21-17-8-6-16(7-9-17)19-14-22(12-13-25-19)20(24)11-10-18(23)15-4-2-1-3-5-15/h1-9,19H,10-14H2. The fraction of sp³-hybridized carbons (Fsp3) is 0.300. The second-order valence-electron chi connectivity index (χ2n) is 6.04. The molecular formula is C20H20FNO3. The quantitative estimate of drug-likeness (QED) is 0.783. The summed E-state index contributed by atoms with van der Waals surface area (Å²) in [7, 11) is 0. The molecule has 1 saturated heterocycles. The van der Waals surface area contributed by atoms with E-state index in [4.69, 9.17) is 4.74 Å². The van der Waals surface area contributed by atoms with E-state index in [0.29, 0.717) is 25.3 Å². The molecule has 0 aliphatic carbocycles. The van der Waals surface area contributed by atoms with E-state index in [9.17, 15) is 14.0 Å². The highest BCUT2D eigenvalue weighted by Crippen LogP contribution is 2.23. The van der Waals surface area contributed by atoms with Crippen LogP contribution in [0.5, 0.6) is 0 Å². The molecule has 3 rings (SSSR count). The van der Waals surface area contributed by atoms with Gasteiger partial charge in [-0.3, -0.25) is 9.59 Å². The third-order valence-electron chi connectivity index (χ3n) is 4.32. The first kappa shape index (κ1) is 17.3. The second-order valence-corrected chi connectivity index (χ2v) is 6.04. The predicted molar refractivity (Wildman–Crippen MR) is 91.7 cm³/mol. The van der Waals surface area contributed by atoms with Crippen LogP contribution >= 0.6 is 0 Å². The van der Waals surface area contributed by atoms with Crippen molar-refractivity contribution in [1.29, 1.82) is 0 Å².